The molecule has 0 heterocycles. The molecule has 1 aromatic rings. The minimum Gasteiger partial charge on any atom is -0.496 e. The van der Waals surface area contributed by atoms with Crippen LogP contribution in [0.4, 0.5) is 0 Å². The lowest BCUT2D eigenvalue weighted by Gasteiger charge is -2.10. The van der Waals surface area contributed by atoms with Gasteiger partial charge in [0.2, 0.25) is 0 Å². The van der Waals surface area contributed by atoms with Crippen LogP contribution in [0.3, 0.4) is 0 Å². The molecule has 4 nitrogen and oxygen atoms in total. The van der Waals surface area contributed by atoms with Crippen molar-refractivity contribution in [1.29, 1.82) is 0 Å². The number of rotatable bonds is 7. The van der Waals surface area contributed by atoms with E-state index >= 15 is 0 Å². The molecule has 0 spiro atoms. The number of benzene rings is 1. The van der Waals surface area contributed by atoms with Crippen molar-refractivity contribution in [3.8, 4) is 5.75 Å². The fourth-order valence-electron chi connectivity index (χ4n) is 1.81. The van der Waals surface area contributed by atoms with Crippen LogP contribution in [0.5, 0.6) is 5.75 Å². The van der Waals surface area contributed by atoms with Gasteiger partial charge in [0.05, 0.1) is 7.11 Å². The Balaban J connectivity index is 2.45. The lowest BCUT2D eigenvalue weighted by Crippen LogP contribution is -2.25. The first-order valence-corrected chi connectivity index (χ1v) is 6.62. The van der Waals surface area contributed by atoms with Gasteiger partial charge in [-0.25, -0.2) is 0 Å². The summed E-state index contributed by atoms with van der Waals surface area (Å²) >= 11 is 0. The van der Waals surface area contributed by atoms with E-state index in [0.717, 1.165) is 24.2 Å². The van der Waals surface area contributed by atoms with Crippen molar-refractivity contribution in [2.24, 2.45) is 5.92 Å². The predicted molar refractivity (Wildman–Crippen MR) is 75.5 cm³/mol. The lowest BCUT2D eigenvalue weighted by molar-refractivity contribution is 0.0951. The summed E-state index contributed by atoms with van der Waals surface area (Å²) in [6.45, 7) is 4.76. The van der Waals surface area contributed by atoms with Gasteiger partial charge in [-0.1, -0.05) is 13.0 Å². The summed E-state index contributed by atoms with van der Waals surface area (Å²) in [5.41, 5.74) is 1.62. The highest BCUT2D eigenvalue weighted by Gasteiger charge is 2.08. The number of methoxy groups -OCH3 is 1. The molecule has 0 bridgehead atoms. The zero-order valence-electron chi connectivity index (χ0n) is 11.9. The minimum atomic E-state index is -0.0880. The van der Waals surface area contributed by atoms with Crippen LogP contribution in [0.15, 0.2) is 18.2 Å². The molecule has 0 aromatic heterocycles. The molecular formula is C15H23NO3. The molecule has 1 rings (SSSR count). The second kappa shape index (κ2) is 7.79. The van der Waals surface area contributed by atoms with Gasteiger partial charge in [0.1, 0.15) is 5.75 Å². The zero-order valence-corrected chi connectivity index (χ0v) is 11.9. The lowest BCUT2D eigenvalue weighted by atomic mass is 10.1. The molecule has 2 N–H and O–H groups in total. The van der Waals surface area contributed by atoms with Crippen molar-refractivity contribution in [2.45, 2.75) is 26.7 Å². The molecule has 1 atom stereocenters. The molecule has 0 radical (unpaired) electrons. The number of aryl methyl sites for hydroxylation is 1. The first-order valence-electron chi connectivity index (χ1n) is 6.62. The van der Waals surface area contributed by atoms with E-state index in [9.17, 15) is 4.79 Å². The van der Waals surface area contributed by atoms with E-state index in [4.69, 9.17) is 9.84 Å². The summed E-state index contributed by atoms with van der Waals surface area (Å²) in [6.07, 6.45) is 1.78. The zero-order chi connectivity index (χ0) is 14.3. The predicted octanol–water partition coefficient (Wildman–Crippen LogP) is 2.14. The Hall–Kier alpha value is -1.55. The molecule has 1 unspecified atom stereocenters. The number of aliphatic hydroxyl groups is 1. The second-order valence-electron chi connectivity index (χ2n) is 4.87. The molecule has 19 heavy (non-hydrogen) atoms. The summed E-state index contributed by atoms with van der Waals surface area (Å²) in [4.78, 5) is 11.9. The summed E-state index contributed by atoms with van der Waals surface area (Å²) in [5, 5.41) is 11.8. The van der Waals surface area contributed by atoms with Gasteiger partial charge in [-0.2, -0.15) is 0 Å². The number of hydrogen-bond donors (Lipinski definition) is 2. The normalized spacial score (nSPS) is 12.0. The Kier molecular flexibility index (Phi) is 6.36. The maximum Gasteiger partial charge on any atom is 0.251 e. The SMILES string of the molecule is COc1cc(C(=O)NCCCC(C)CO)ccc1C. The van der Waals surface area contributed by atoms with E-state index in [1.807, 2.05) is 19.9 Å². The number of carbonyl (C=O) groups is 1. The molecule has 0 saturated heterocycles. The van der Waals surface area contributed by atoms with Crippen LogP contribution in [0.25, 0.3) is 0 Å². The van der Waals surface area contributed by atoms with E-state index in [0.29, 0.717) is 12.1 Å². The first kappa shape index (κ1) is 15.5. The number of carbonyl (C=O) groups excluding carboxylic acids is 1. The summed E-state index contributed by atoms with van der Waals surface area (Å²) < 4.78 is 5.20. The van der Waals surface area contributed by atoms with Gasteiger partial charge in [0.25, 0.3) is 5.91 Å². The Morgan fingerprint density at radius 2 is 2.21 bits per heavy atom. The molecular weight excluding hydrogens is 242 g/mol. The number of amides is 1. The van der Waals surface area contributed by atoms with Crippen LogP contribution in [-0.4, -0.2) is 31.3 Å². The monoisotopic (exact) mass is 265 g/mol. The standard InChI is InChI=1S/C15H23NO3/c1-11(10-17)5-4-8-16-15(18)13-7-6-12(2)14(9-13)19-3/h6-7,9,11,17H,4-5,8,10H2,1-3H3,(H,16,18). The molecule has 106 valence electrons. The third-order valence-corrected chi connectivity index (χ3v) is 3.14. The van der Waals surface area contributed by atoms with E-state index in [2.05, 4.69) is 5.32 Å². The molecule has 0 aliphatic carbocycles. The molecule has 0 saturated carbocycles. The van der Waals surface area contributed by atoms with Gasteiger partial charge in [0, 0.05) is 18.7 Å². The highest BCUT2D eigenvalue weighted by molar-refractivity contribution is 5.94. The Morgan fingerprint density at radius 3 is 2.84 bits per heavy atom. The van der Waals surface area contributed by atoms with E-state index in [1.165, 1.54) is 0 Å². The van der Waals surface area contributed by atoms with Gasteiger partial charge in [-0.3, -0.25) is 4.79 Å². The van der Waals surface area contributed by atoms with Crippen LogP contribution in [0.1, 0.15) is 35.7 Å². The summed E-state index contributed by atoms with van der Waals surface area (Å²) in [6, 6.07) is 5.42. The molecule has 4 heteroatoms. The van der Waals surface area contributed by atoms with Gasteiger partial charge in [-0.05, 0) is 43.4 Å². The number of nitrogens with one attached hydrogen (secondary N) is 1. The molecule has 1 aromatic carbocycles. The number of hydrogen-bond acceptors (Lipinski definition) is 3. The average Bonchev–Trinajstić information content (AvgIpc) is 2.43. The van der Waals surface area contributed by atoms with Crippen molar-refractivity contribution >= 4 is 5.91 Å². The molecule has 0 aliphatic heterocycles. The Bertz CT molecular complexity index is 418. The smallest absolute Gasteiger partial charge is 0.251 e. The van der Waals surface area contributed by atoms with E-state index < -0.39 is 0 Å². The maximum absolute atomic E-state index is 11.9. The van der Waals surface area contributed by atoms with Gasteiger partial charge in [0.15, 0.2) is 0 Å². The van der Waals surface area contributed by atoms with Gasteiger partial charge < -0.3 is 15.2 Å². The van der Waals surface area contributed by atoms with Crippen LogP contribution in [0.2, 0.25) is 0 Å². The molecule has 0 fully saturated rings. The number of aliphatic hydroxyl groups excluding tert-OH is 1. The summed E-state index contributed by atoms with van der Waals surface area (Å²) in [7, 11) is 1.60. The first-order chi connectivity index (χ1) is 9.08. The largest absolute Gasteiger partial charge is 0.496 e. The van der Waals surface area contributed by atoms with Crippen LogP contribution in [-0.2, 0) is 0 Å². The van der Waals surface area contributed by atoms with Crippen LogP contribution in [0, 0.1) is 12.8 Å². The molecule has 0 aliphatic rings. The highest BCUT2D eigenvalue weighted by Crippen LogP contribution is 2.18. The van der Waals surface area contributed by atoms with Crippen molar-refractivity contribution < 1.29 is 14.6 Å². The fourth-order valence-corrected chi connectivity index (χ4v) is 1.81. The third-order valence-electron chi connectivity index (χ3n) is 3.14. The topological polar surface area (TPSA) is 58.6 Å². The van der Waals surface area contributed by atoms with Crippen molar-refractivity contribution in [2.75, 3.05) is 20.3 Å². The maximum atomic E-state index is 11.9. The van der Waals surface area contributed by atoms with Crippen molar-refractivity contribution in [1.82, 2.24) is 5.32 Å². The van der Waals surface area contributed by atoms with E-state index in [1.54, 1.807) is 19.2 Å². The van der Waals surface area contributed by atoms with Crippen molar-refractivity contribution in [3.05, 3.63) is 29.3 Å². The van der Waals surface area contributed by atoms with Crippen LogP contribution < -0.4 is 10.1 Å². The quantitative estimate of drug-likeness (QED) is 0.743. The summed E-state index contributed by atoms with van der Waals surface area (Å²) in [5.74, 6) is 0.924. The fraction of sp³-hybridized carbons (Fsp3) is 0.533. The van der Waals surface area contributed by atoms with Gasteiger partial charge >= 0.3 is 0 Å². The second-order valence-corrected chi connectivity index (χ2v) is 4.87. The molecule has 1 amide bonds. The van der Waals surface area contributed by atoms with Crippen LogP contribution >= 0.6 is 0 Å². The highest BCUT2D eigenvalue weighted by atomic mass is 16.5. The van der Waals surface area contributed by atoms with Crippen molar-refractivity contribution in [3.63, 3.8) is 0 Å². The third kappa shape index (κ3) is 4.91. The minimum absolute atomic E-state index is 0.0880. The Morgan fingerprint density at radius 1 is 1.47 bits per heavy atom. The Labute approximate surface area is 114 Å². The van der Waals surface area contributed by atoms with E-state index in [-0.39, 0.29) is 18.4 Å². The number of ether oxygens (including phenoxy) is 1. The average molecular weight is 265 g/mol. The van der Waals surface area contributed by atoms with Gasteiger partial charge in [-0.15, -0.1) is 0 Å².